The molecule has 108 valence electrons. The molecule has 3 aromatic rings. The van der Waals surface area contributed by atoms with Gasteiger partial charge in [0.2, 0.25) is 0 Å². The molecule has 0 bridgehead atoms. The van der Waals surface area contributed by atoms with Crippen LogP contribution in [0.3, 0.4) is 0 Å². The largest absolute Gasteiger partial charge is 0.451 e. The van der Waals surface area contributed by atoms with Gasteiger partial charge in [0.1, 0.15) is 11.7 Å². The fraction of sp³-hybridized carbons (Fsp3) is 0. The van der Waals surface area contributed by atoms with Crippen LogP contribution in [0.25, 0.3) is 11.0 Å². The lowest BCUT2D eigenvalue weighted by Gasteiger charge is -2.04. The second-order valence-corrected chi connectivity index (χ2v) is 5.40. The first-order valence-electron chi connectivity index (χ1n) is 6.27. The molecule has 2 aromatic carbocycles. The number of carbonyl (C=O) groups is 1. The average molecular weight is 331 g/mol. The van der Waals surface area contributed by atoms with Crippen molar-refractivity contribution in [1.82, 2.24) is 0 Å². The number of benzene rings is 2. The Labute approximate surface area is 135 Å². The van der Waals surface area contributed by atoms with Crippen LogP contribution in [-0.4, -0.2) is 5.91 Å². The van der Waals surface area contributed by atoms with Crippen LogP contribution in [0.2, 0.25) is 10.0 Å². The highest BCUT2D eigenvalue weighted by atomic mass is 35.5. The number of halogens is 2. The van der Waals surface area contributed by atoms with Gasteiger partial charge in [0.25, 0.3) is 5.91 Å². The summed E-state index contributed by atoms with van der Waals surface area (Å²) >= 11 is 11.8. The number of amides is 1. The average Bonchev–Trinajstić information content (AvgIpc) is 2.90. The van der Waals surface area contributed by atoms with Crippen LogP contribution in [0.5, 0.6) is 0 Å². The van der Waals surface area contributed by atoms with Gasteiger partial charge >= 0.3 is 0 Å². The summed E-state index contributed by atoms with van der Waals surface area (Å²) < 4.78 is 5.48. The van der Waals surface area contributed by atoms with E-state index in [1.165, 1.54) is 12.1 Å². The number of hydrogen-bond acceptors (Lipinski definition) is 3. The van der Waals surface area contributed by atoms with Crippen LogP contribution in [0.1, 0.15) is 16.1 Å². The van der Waals surface area contributed by atoms with Crippen molar-refractivity contribution in [3.05, 3.63) is 63.8 Å². The summed E-state index contributed by atoms with van der Waals surface area (Å²) in [5.41, 5.74) is 1.40. The van der Waals surface area contributed by atoms with Gasteiger partial charge < -0.3 is 9.73 Å². The minimum Gasteiger partial charge on any atom is -0.451 e. The predicted molar refractivity (Wildman–Crippen MR) is 85.3 cm³/mol. The summed E-state index contributed by atoms with van der Waals surface area (Å²) in [6, 6.07) is 13.3. The van der Waals surface area contributed by atoms with Gasteiger partial charge in [-0.2, -0.15) is 5.26 Å². The van der Waals surface area contributed by atoms with E-state index in [4.69, 9.17) is 32.9 Å². The third kappa shape index (κ3) is 2.77. The molecule has 0 saturated carbocycles. The van der Waals surface area contributed by atoms with Crippen LogP contribution in [0, 0.1) is 11.3 Å². The summed E-state index contributed by atoms with van der Waals surface area (Å²) in [4.78, 5) is 12.2. The minimum absolute atomic E-state index is 0.165. The first kappa shape index (κ1) is 14.5. The number of anilines is 1. The molecule has 0 aliphatic carbocycles. The van der Waals surface area contributed by atoms with Crippen LogP contribution >= 0.6 is 23.2 Å². The Balaban J connectivity index is 1.87. The summed E-state index contributed by atoms with van der Waals surface area (Å²) in [7, 11) is 0. The fourth-order valence-corrected chi connectivity index (χ4v) is 2.41. The molecule has 4 nitrogen and oxygen atoms in total. The second-order valence-electron chi connectivity index (χ2n) is 4.55. The molecule has 1 aromatic heterocycles. The Kier molecular flexibility index (Phi) is 3.76. The van der Waals surface area contributed by atoms with Crippen molar-refractivity contribution >= 4 is 45.8 Å². The number of fused-ring (bicyclic) bond motifs is 1. The maximum atomic E-state index is 12.2. The normalized spacial score (nSPS) is 10.4. The van der Waals surface area contributed by atoms with Crippen molar-refractivity contribution in [2.75, 3.05) is 5.32 Å². The Morgan fingerprint density at radius 1 is 1.14 bits per heavy atom. The summed E-state index contributed by atoms with van der Waals surface area (Å²) in [6.45, 7) is 0. The SMILES string of the molecule is N#Cc1ccc(NC(=O)c2cc3cc(Cl)ccc3o2)cc1Cl. The van der Waals surface area contributed by atoms with Crippen molar-refractivity contribution in [3.8, 4) is 6.07 Å². The van der Waals surface area contributed by atoms with Gasteiger partial charge in [0.15, 0.2) is 5.76 Å². The molecular weight excluding hydrogens is 323 g/mol. The van der Waals surface area contributed by atoms with E-state index in [1.54, 1.807) is 30.3 Å². The Morgan fingerprint density at radius 3 is 2.68 bits per heavy atom. The number of hydrogen-bond donors (Lipinski definition) is 1. The van der Waals surface area contributed by atoms with E-state index in [0.29, 0.717) is 21.9 Å². The second kappa shape index (κ2) is 5.72. The molecule has 3 rings (SSSR count). The lowest BCUT2D eigenvalue weighted by Crippen LogP contribution is -2.10. The van der Waals surface area contributed by atoms with Crippen LogP contribution in [0.4, 0.5) is 5.69 Å². The third-order valence-electron chi connectivity index (χ3n) is 3.05. The van der Waals surface area contributed by atoms with Crippen LogP contribution < -0.4 is 5.32 Å². The van der Waals surface area contributed by atoms with Gasteiger partial charge in [-0.1, -0.05) is 23.2 Å². The predicted octanol–water partition coefficient (Wildman–Crippen LogP) is 4.86. The number of furan rings is 1. The third-order valence-corrected chi connectivity index (χ3v) is 3.60. The van der Waals surface area contributed by atoms with E-state index in [1.807, 2.05) is 6.07 Å². The van der Waals surface area contributed by atoms with E-state index in [9.17, 15) is 4.79 Å². The lowest BCUT2D eigenvalue weighted by molar-refractivity contribution is 0.0998. The van der Waals surface area contributed by atoms with Gasteiger partial charge in [-0.15, -0.1) is 0 Å². The molecule has 0 aliphatic rings. The van der Waals surface area contributed by atoms with E-state index >= 15 is 0 Å². The zero-order valence-electron chi connectivity index (χ0n) is 11.1. The molecule has 0 atom stereocenters. The number of nitrogens with zero attached hydrogens (tertiary/aromatic N) is 1. The number of rotatable bonds is 2. The molecular formula is C16H8Cl2N2O2. The van der Waals surface area contributed by atoms with E-state index in [2.05, 4.69) is 5.32 Å². The number of carbonyl (C=O) groups excluding carboxylic acids is 1. The smallest absolute Gasteiger partial charge is 0.291 e. The molecule has 1 N–H and O–H groups in total. The number of nitrogens with one attached hydrogen (secondary N) is 1. The zero-order valence-corrected chi connectivity index (χ0v) is 12.6. The molecule has 0 saturated heterocycles. The first-order valence-corrected chi connectivity index (χ1v) is 7.02. The topological polar surface area (TPSA) is 66.0 Å². The van der Waals surface area contributed by atoms with Gasteiger partial charge in [-0.05, 0) is 42.5 Å². The standard InChI is InChI=1S/C16H8Cl2N2O2/c17-11-2-4-14-10(5-11)6-15(22-14)16(21)20-12-3-1-9(8-19)13(18)7-12/h1-7H,(H,20,21). The molecule has 1 heterocycles. The van der Waals surface area contributed by atoms with E-state index in [0.717, 1.165) is 5.39 Å². The Hall–Kier alpha value is -2.48. The number of nitriles is 1. The Bertz CT molecular complexity index is 926. The van der Waals surface area contributed by atoms with Crippen molar-refractivity contribution < 1.29 is 9.21 Å². The molecule has 1 amide bonds. The molecule has 6 heteroatoms. The first-order chi connectivity index (χ1) is 10.6. The quantitative estimate of drug-likeness (QED) is 0.729. The zero-order chi connectivity index (χ0) is 15.7. The summed E-state index contributed by atoms with van der Waals surface area (Å²) in [5.74, 6) is -0.245. The van der Waals surface area contributed by atoms with Gasteiger partial charge in [-0.3, -0.25) is 4.79 Å². The minimum atomic E-state index is -0.409. The fourth-order valence-electron chi connectivity index (χ4n) is 2.00. The molecule has 0 spiro atoms. The summed E-state index contributed by atoms with van der Waals surface area (Å²) in [5, 5.41) is 13.1. The van der Waals surface area contributed by atoms with Crippen molar-refractivity contribution in [2.24, 2.45) is 0 Å². The van der Waals surface area contributed by atoms with Crippen LogP contribution in [0.15, 0.2) is 46.9 Å². The van der Waals surface area contributed by atoms with Crippen molar-refractivity contribution in [2.45, 2.75) is 0 Å². The maximum absolute atomic E-state index is 12.2. The highest BCUT2D eigenvalue weighted by molar-refractivity contribution is 6.32. The molecule has 0 aliphatic heterocycles. The van der Waals surface area contributed by atoms with Gasteiger partial charge in [0, 0.05) is 16.1 Å². The molecule has 0 fully saturated rings. The highest BCUT2D eigenvalue weighted by Crippen LogP contribution is 2.25. The lowest BCUT2D eigenvalue weighted by atomic mass is 10.2. The summed E-state index contributed by atoms with van der Waals surface area (Å²) in [6.07, 6.45) is 0. The molecule has 22 heavy (non-hydrogen) atoms. The maximum Gasteiger partial charge on any atom is 0.291 e. The van der Waals surface area contributed by atoms with Crippen LogP contribution in [-0.2, 0) is 0 Å². The van der Waals surface area contributed by atoms with E-state index < -0.39 is 5.91 Å². The van der Waals surface area contributed by atoms with E-state index in [-0.39, 0.29) is 10.8 Å². The van der Waals surface area contributed by atoms with Gasteiger partial charge in [-0.25, -0.2) is 0 Å². The van der Waals surface area contributed by atoms with Crippen molar-refractivity contribution in [3.63, 3.8) is 0 Å². The van der Waals surface area contributed by atoms with Crippen molar-refractivity contribution in [1.29, 1.82) is 5.26 Å². The Morgan fingerprint density at radius 2 is 1.95 bits per heavy atom. The monoisotopic (exact) mass is 330 g/mol. The molecule has 0 radical (unpaired) electrons. The molecule has 0 unspecified atom stereocenters. The highest BCUT2D eigenvalue weighted by Gasteiger charge is 2.13. The van der Waals surface area contributed by atoms with Gasteiger partial charge in [0.05, 0.1) is 10.6 Å².